The SMILES string of the molecule is CCCNCc1cc(Cn2ccnc2C)oc1C. The normalized spacial score (nSPS) is 11.1. The van der Waals surface area contributed by atoms with Crippen molar-refractivity contribution in [3.8, 4) is 0 Å². The van der Waals surface area contributed by atoms with Gasteiger partial charge in [-0.1, -0.05) is 6.92 Å². The summed E-state index contributed by atoms with van der Waals surface area (Å²) in [5.74, 6) is 3.00. The smallest absolute Gasteiger partial charge is 0.124 e. The Balaban J connectivity index is 2.02. The summed E-state index contributed by atoms with van der Waals surface area (Å²) in [6.45, 7) is 8.86. The summed E-state index contributed by atoms with van der Waals surface area (Å²) >= 11 is 0. The van der Waals surface area contributed by atoms with E-state index in [4.69, 9.17) is 4.42 Å². The third kappa shape index (κ3) is 3.01. The first-order valence-electron chi connectivity index (χ1n) is 6.47. The molecule has 0 spiro atoms. The molecule has 2 heterocycles. The average Bonchev–Trinajstić information content (AvgIpc) is 2.88. The van der Waals surface area contributed by atoms with Crippen LogP contribution in [0.5, 0.6) is 0 Å². The van der Waals surface area contributed by atoms with E-state index in [2.05, 4.69) is 27.9 Å². The van der Waals surface area contributed by atoms with Gasteiger partial charge < -0.3 is 14.3 Å². The van der Waals surface area contributed by atoms with Crippen LogP contribution < -0.4 is 5.32 Å². The molecule has 0 aliphatic rings. The molecule has 1 N–H and O–H groups in total. The zero-order chi connectivity index (χ0) is 13.0. The predicted octanol–water partition coefficient (Wildman–Crippen LogP) is 2.64. The molecule has 0 fully saturated rings. The van der Waals surface area contributed by atoms with Crippen LogP contribution in [-0.4, -0.2) is 16.1 Å². The molecule has 0 atom stereocenters. The summed E-state index contributed by atoms with van der Waals surface area (Å²) in [4.78, 5) is 4.21. The highest BCUT2D eigenvalue weighted by atomic mass is 16.3. The Labute approximate surface area is 108 Å². The van der Waals surface area contributed by atoms with Gasteiger partial charge in [-0.3, -0.25) is 0 Å². The molecule has 2 rings (SSSR count). The van der Waals surface area contributed by atoms with Crippen LogP contribution in [0.3, 0.4) is 0 Å². The molecule has 0 saturated heterocycles. The van der Waals surface area contributed by atoms with Crippen molar-refractivity contribution in [3.63, 3.8) is 0 Å². The molecule has 2 aromatic heterocycles. The molecule has 0 saturated carbocycles. The minimum atomic E-state index is 0.750. The van der Waals surface area contributed by atoms with Crippen LogP contribution in [0.25, 0.3) is 0 Å². The number of rotatable bonds is 6. The van der Waals surface area contributed by atoms with Crippen LogP contribution in [-0.2, 0) is 13.1 Å². The summed E-state index contributed by atoms with van der Waals surface area (Å²) < 4.78 is 7.87. The number of hydrogen-bond acceptors (Lipinski definition) is 3. The Morgan fingerprint density at radius 2 is 2.22 bits per heavy atom. The van der Waals surface area contributed by atoms with Gasteiger partial charge in [-0.2, -0.15) is 0 Å². The molecule has 0 aromatic carbocycles. The van der Waals surface area contributed by atoms with Gasteiger partial charge in [-0.05, 0) is 32.9 Å². The molecule has 4 nitrogen and oxygen atoms in total. The Morgan fingerprint density at radius 3 is 2.89 bits per heavy atom. The van der Waals surface area contributed by atoms with E-state index in [0.717, 1.165) is 43.4 Å². The third-order valence-electron chi connectivity index (χ3n) is 3.06. The van der Waals surface area contributed by atoms with Gasteiger partial charge in [0, 0.05) is 24.5 Å². The van der Waals surface area contributed by atoms with Crippen LogP contribution in [0.15, 0.2) is 22.9 Å². The second-order valence-electron chi connectivity index (χ2n) is 4.57. The summed E-state index contributed by atoms with van der Waals surface area (Å²) in [6, 6.07) is 2.14. The topological polar surface area (TPSA) is 43.0 Å². The number of hydrogen-bond donors (Lipinski definition) is 1. The van der Waals surface area contributed by atoms with Crippen molar-refractivity contribution in [3.05, 3.63) is 41.4 Å². The van der Waals surface area contributed by atoms with E-state index in [1.165, 1.54) is 5.56 Å². The van der Waals surface area contributed by atoms with Gasteiger partial charge in [-0.15, -0.1) is 0 Å². The number of imidazole rings is 1. The van der Waals surface area contributed by atoms with Crippen molar-refractivity contribution >= 4 is 0 Å². The third-order valence-corrected chi connectivity index (χ3v) is 3.06. The lowest BCUT2D eigenvalue weighted by molar-refractivity contribution is 0.464. The molecule has 0 radical (unpaired) electrons. The second-order valence-corrected chi connectivity index (χ2v) is 4.57. The van der Waals surface area contributed by atoms with E-state index in [0.29, 0.717) is 0 Å². The molecule has 98 valence electrons. The standard InChI is InChI=1S/C14H21N3O/c1-4-5-15-9-13-8-14(18-11(13)2)10-17-7-6-16-12(17)3/h6-8,15H,4-5,9-10H2,1-3H3. The summed E-state index contributed by atoms with van der Waals surface area (Å²) in [5, 5.41) is 3.40. The van der Waals surface area contributed by atoms with Gasteiger partial charge in [0.25, 0.3) is 0 Å². The zero-order valence-corrected chi connectivity index (χ0v) is 11.4. The molecule has 2 aromatic rings. The van der Waals surface area contributed by atoms with Crippen molar-refractivity contribution < 1.29 is 4.42 Å². The van der Waals surface area contributed by atoms with E-state index in [9.17, 15) is 0 Å². The molecular formula is C14H21N3O. The molecule has 0 unspecified atom stereocenters. The molecule has 0 aliphatic heterocycles. The number of aryl methyl sites for hydroxylation is 2. The molecule has 4 heteroatoms. The fraction of sp³-hybridized carbons (Fsp3) is 0.500. The highest BCUT2D eigenvalue weighted by molar-refractivity contribution is 5.21. The van der Waals surface area contributed by atoms with Crippen LogP contribution >= 0.6 is 0 Å². The lowest BCUT2D eigenvalue weighted by Gasteiger charge is -2.00. The summed E-state index contributed by atoms with van der Waals surface area (Å²) in [6.07, 6.45) is 4.94. The highest BCUT2D eigenvalue weighted by Gasteiger charge is 2.08. The van der Waals surface area contributed by atoms with Crippen LogP contribution in [0, 0.1) is 13.8 Å². The van der Waals surface area contributed by atoms with Crippen molar-refractivity contribution in [1.29, 1.82) is 0 Å². The van der Waals surface area contributed by atoms with Crippen molar-refractivity contribution in [2.45, 2.75) is 40.3 Å². The number of nitrogens with one attached hydrogen (secondary N) is 1. The monoisotopic (exact) mass is 247 g/mol. The lowest BCUT2D eigenvalue weighted by Crippen LogP contribution is -2.13. The van der Waals surface area contributed by atoms with Gasteiger partial charge in [0.05, 0.1) is 6.54 Å². The summed E-state index contributed by atoms with van der Waals surface area (Å²) in [5.41, 5.74) is 1.25. The zero-order valence-electron chi connectivity index (χ0n) is 11.4. The van der Waals surface area contributed by atoms with Gasteiger partial charge in [0.2, 0.25) is 0 Å². The van der Waals surface area contributed by atoms with Crippen molar-refractivity contribution in [1.82, 2.24) is 14.9 Å². The van der Waals surface area contributed by atoms with Gasteiger partial charge in [0.1, 0.15) is 17.3 Å². The van der Waals surface area contributed by atoms with Crippen LogP contribution in [0.2, 0.25) is 0 Å². The second kappa shape index (κ2) is 5.87. The van der Waals surface area contributed by atoms with Crippen LogP contribution in [0.1, 0.15) is 36.3 Å². The highest BCUT2D eigenvalue weighted by Crippen LogP contribution is 2.16. The fourth-order valence-corrected chi connectivity index (χ4v) is 1.98. The van der Waals surface area contributed by atoms with E-state index in [-0.39, 0.29) is 0 Å². The Kier molecular flexibility index (Phi) is 4.20. The Hall–Kier alpha value is -1.55. The van der Waals surface area contributed by atoms with Crippen molar-refractivity contribution in [2.24, 2.45) is 0 Å². The van der Waals surface area contributed by atoms with Crippen LogP contribution in [0.4, 0.5) is 0 Å². The van der Waals surface area contributed by atoms with E-state index in [1.54, 1.807) is 0 Å². The van der Waals surface area contributed by atoms with Gasteiger partial charge >= 0.3 is 0 Å². The maximum Gasteiger partial charge on any atom is 0.124 e. The first-order valence-corrected chi connectivity index (χ1v) is 6.47. The van der Waals surface area contributed by atoms with E-state index < -0.39 is 0 Å². The molecule has 18 heavy (non-hydrogen) atoms. The Morgan fingerprint density at radius 1 is 1.39 bits per heavy atom. The van der Waals surface area contributed by atoms with E-state index in [1.807, 2.05) is 26.2 Å². The van der Waals surface area contributed by atoms with E-state index >= 15 is 0 Å². The molecule has 0 amide bonds. The van der Waals surface area contributed by atoms with Crippen molar-refractivity contribution in [2.75, 3.05) is 6.54 Å². The van der Waals surface area contributed by atoms with Gasteiger partial charge in [0.15, 0.2) is 0 Å². The summed E-state index contributed by atoms with van der Waals surface area (Å²) in [7, 11) is 0. The minimum absolute atomic E-state index is 0.750. The fourth-order valence-electron chi connectivity index (χ4n) is 1.98. The minimum Gasteiger partial charge on any atom is -0.464 e. The van der Waals surface area contributed by atoms with Gasteiger partial charge in [-0.25, -0.2) is 4.98 Å². The maximum absolute atomic E-state index is 5.79. The number of aromatic nitrogens is 2. The predicted molar refractivity (Wildman–Crippen MR) is 71.5 cm³/mol. The first kappa shape index (κ1) is 12.9. The molecule has 0 bridgehead atoms. The lowest BCUT2D eigenvalue weighted by atomic mass is 10.2. The number of nitrogens with zero attached hydrogens (tertiary/aromatic N) is 2. The number of furan rings is 1. The molecule has 0 aliphatic carbocycles. The average molecular weight is 247 g/mol. The molecular weight excluding hydrogens is 226 g/mol. The first-order chi connectivity index (χ1) is 8.70. The largest absolute Gasteiger partial charge is 0.464 e. The quantitative estimate of drug-likeness (QED) is 0.798. The maximum atomic E-state index is 5.79. The Bertz CT molecular complexity index is 499.